The number of likely N-dealkylation sites (N-methyl/N-ethyl adjacent to an activating group) is 1. The first-order valence-corrected chi connectivity index (χ1v) is 5.73. The maximum Gasteiger partial charge on any atom is 0.142 e. The number of hydrogen-bond acceptors (Lipinski definition) is 2. The normalized spacial score (nSPS) is 12.6. The zero-order valence-corrected chi connectivity index (χ0v) is 10.2. The first kappa shape index (κ1) is 12.1. The Morgan fingerprint density at radius 2 is 2.18 bits per heavy atom. The molecule has 0 aliphatic rings. The molecule has 0 aliphatic heterocycles. The van der Waals surface area contributed by atoms with E-state index in [9.17, 15) is 4.39 Å². The van der Waals surface area contributed by atoms with Crippen LogP contribution in [0.1, 0.15) is 17.4 Å². The van der Waals surface area contributed by atoms with Crippen molar-refractivity contribution < 1.29 is 8.81 Å². The summed E-state index contributed by atoms with van der Waals surface area (Å²) in [6.07, 6.45) is 2.20. The molecule has 0 spiro atoms. The van der Waals surface area contributed by atoms with Gasteiger partial charge < -0.3 is 9.73 Å². The molecule has 1 heterocycles. The highest BCUT2D eigenvalue weighted by molar-refractivity contribution is 6.31. The molecule has 2 nitrogen and oxygen atoms in total. The van der Waals surface area contributed by atoms with Crippen LogP contribution in [0.25, 0.3) is 0 Å². The Kier molecular flexibility index (Phi) is 3.82. The van der Waals surface area contributed by atoms with Crippen molar-refractivity contribution in [1.29, 1.82) is 0 Å². The molecule has 0 fully saturated rings. The zero-order chi connectivity index (χ0) is 12.3. The van der Waals surface area contributed by atoms with E-state index in [1.807, 2.05) is 25.2 Å². The molecule has 0 amide bonds. The smallest absolute Gasteiger partial charge is 0.142 e. The summed E-state index contributed by atoms with van der Waals surface area (Å²) in [5.74, 6) is 0.422. The number of rotatable bonds is 4. The van der Waals surface area contributed by atoms with E-state index in [0.717, 1.165) is 11.3 Å². The second kappa shape index (κ2) is 5.34. The van der Waals surface area contributed by atoms with Gasteiger partial charge in [0.05, 0.1) is 17.3 Å². The van der Waals surface area contributed by atoms with Gasteiger partial charge in [0.25, 0.3) is 0 Å². The first-order valence-electron chi connectivity index (χ1n) is 5.36. The summed E-state index contributed by atoms with van der Waals surface area (Å²) >= 11 is 5.92. The summed E-state index contributed by atoms with van der Waals surface area (Å²) in [5, 5.41) is 3.30. The summed E-state index contributed by atoms with van der Waals surface area (Å²) in [6.45, 7) is 0. The van der Waals surface area contributed by atoms with E-state index in [0.29, 0.717) is 6.42 Å². The van der Waals surface area contributed by atoms with E-state index in [2.05, 4.69) is 5.32 Å². The average Bonchev–Trinajstić information content (AvgIpc) is 2.85. The van der Waals surface area contributed by atoms with Crippen molar-refractivity contribution in [3.05, 3.63) is 58.8 Å². The summed E-state index contributed by atoms with van der Waals surface area (Å²) in [6, 6.07) is 8.53. The Labute approximate surface area is 104 Å². The van der Waals surface area contributed by atoms with Crippen molar-refractivity contribution in [2.75, 3.05) is 7.05 Å². The Morgan fingerprint density at radius 3 is 2.82 bits per heavy atom. The molecule has 0 radical (unpaired) electrons. The molecular weight excluding hydrogens is 241 g/mol. The SMILES string of the molecule is CNC(Cc1cccc(F)c1Cl)c1ccco1. The van der Waals surface area contributed by atoms with Crippen molar-refractivity contribution in [3.63, 3.8) is 0 Å². The summed E-state index contributed by atoms with van der Waals surface area (Å²) < 4.78 is 18.6. The zero-order valence-electron chi connectivity index (χ0n) is 9.41. The van der Waals surface area contributed by atoms with Crippen molar-refractivity contribution in [1.82, 2.24) is 5.32 Å². The number of furan rings is 1. The van der Waals surface area contributed by atoms with Crippen molar-refractivity contribution >= 4 is 11.6 Å². The molecule has 0 saturated heterocycles. The molecule has 1 unspecified atom stereocenters. The van der Waals surface area contributed by atoms with E-state index in [1.165, 1.54) is 6.07 Å². The van der Waals surface area contributed by atoms with Crippen molar-refractivity contribution in [3.8, 4) is 0 Å². The lowest BCUT2D eigenvalue weighted by Gasteiger charge is -2.14. The monoisotopic (exact) mass is 253 g/mol. The molecule has 1 aromatic carbocycles. The highest BCUT2D eigenvalue weighted by Gasteiger charge is 2.15. The number of hydrogen-bond donors (Lipinski definition) is 1. The third-order valence-corrected chi connectivity index (χ3v) is 3.11. The topological polar surface area (TPSA) is 25.2 Å². The number of halogens is 2. The van der Waals surface area contributed by atoms with Crippen LogP contribution in [-0.2, 0) is 6.42 Å². The van der Waals surface area contributed by atoms with Crippen LogP contribution < -0.4 is 5.32 Å². The third-order valence-electron chi connectivity index (χ3n) is 2.69. The van der Waals surface area contributed by atoms with Crippen LogP contribution in [0.15, 0.2) is 41.0 Å². The predicted molar refractivity (Wildman–Crippen MR) is 65.6 cm³/mol. The van der Waals surface area contributed by atoms with Gasteiger partial charge >= 0.3 is 0 Å². The van der Waals surface area contributed by atoms with Gasteiger partial charge in [0.2, 0.25) is 0 Å². The van der Waals surface area contributed by atoms with Crippen LogP contribution in [0.2, 0.25) is 5.02 Å². The summed E-state index contributed by atoms with van der Waals surface area (Å²) in [7, 11) is 1.83. The molecule has 1 aromatic heterocycles. The molecule has 2 rings (SSSR count). The predicted octanol–water partition coefficient (Wildman–Crippen LogP) is 3.58. The summed E-state index contributed by atoms with van der Waals surface area (Å²) in [4.78, 5) is 0. The van der Waals surface area contributed by atoms with Gasteiger partial charge in [0.1, 0.15) is 11.6 Å². The van der Waals surface area contributed by atoms with Crippen molar-refractivity contribution in [2.24, 2.45) is 0 Å². The minimum Gasteiger partial charge on any atom is -0.468 e. The molecule has 0 bridgehead atoms. The molecular formula is C13H13ClFNO. The Bertz CT molecular complexity index is 484. The molecule has 2 aromatic rings. The van der Waals surface area contributed by atoms with E-state index in [1.54, 1.807) is 12.3 Å². The second-order valence-corrected chi connectivity index (χ2v) is 4.15. The van der Waals surface area contributed by atoms with Crippen LogP contribution in [0, 0.1) is 5.82 Å². The molecule has 4 heteroatoms. The van der Waals surface area contributed by atoms with E-state index in [4.69, 9.17) is 16.0 Å². The number of benzene rings is 1. The van der Waals surface area contributed by atoms with Crippen LogP contribution >= 0.6 is 11.6 Å². The van der Waals surface area contributed by atoms with Gasteiger partial charge in [-0.2, -0.15) is 0 Å². The van der Waals surface area contributed by atoms with Gasteiger partial charge in [-0.25, -0.2) is 4.39 Å². The molecule has 0 aliphatic carbocycles. The standard InChI is InChI=1S/C13H13ClFNO/c1-16-11(12-6-3-7-17-12)8-9-4-2-5-10(15)13(9)14/h2-7,11,16H,8H2,1H3. The number of nitrogens with one attached hydrogen (secondary N) is 1. The van der Waals surface area contributed by atoms with Gasteiger partial charge in [0.15, 0.2) is 0 Å². The maximum absolute atomic E-state index is 13.3. The lowest BCUT2D eigenvalue weighted by atomic mass is 10.0. The Balaban J connectivity index is 2.22. The summed E-state index contributed by atoms with van der Waals surface area (Å²) in [5.41, 5.74) is 0.766. The lowest BCUT2D eigenvalue weighted by molar-refractivity contribution is 0.429. The van der Waals surface area contributed by atoms with E-state index in [-0.39, 0.29) is 11.1 Å². The van der Waals surface area contributed by atoms with Crippen molar-refractivity contribution in [2.45, 2.75) is 12.5 Å². The maximum atomic E-state index is 13.3. The van der Waals surface area contributed by atoms with Crippen LogP contribution in [0.3, 0.4) is 0 Å². The molecule has 0 saturated carbocycles. The fraction of sp³-hybridized carbons (Fsp3) is 0.231. The highest BCUT2D eigenvalue weighted by atomic mass is 35.5. The van der Waals surface area contributed by atoms with Gasteiger partial charge in [-0.3, -0.25) is 0 Å². The molecule has 17 heavy (non-hydrogen) atoms. The van der Waals surface area contributed by atoms with Gasteiger partial charge in [-0.05, 0) is 37.2 Å². The van der Waals surface area contributed by atoms with Gasteiger partial charge in [-0.15, -0.1) is 0 Å². The molecule has 1 atom stereocenters. The fourth-order valence-electron chi connectivity index (χ4n) is 1.76. The van der Waals surface area contributed by atoms with Crippen LogP contribution in [-0.4, -0.2) is 7.05 Å². The average molecular weight is 254 g/mol. The van der Waals surface area contributed by atoms with Crippen LogP contribution in [0.4, 0.5) is 4.39 Å². The second-order valence-electron chi connectivity index (χ2n) is 3.77. The van der Waals surface area contributed by atoms with Crippen LogP contribution in [0.5, 0.6) is 0 Å². The van der Waals surface area contributed by atoms with E-state index < -0.39 is 5.82 Å². The van der Waals surface area contributed by atoms with E-state index >= 15 is 0 Å². The Hall–Kier alpha value is -1.32. The minimum atomic E-state index is -0.390. The van der Waals surface area contributed by atoms with Gasteiger partial charge in [0, 0.05) is 0 Å². The largest absolute Gasteiger partial charge is 0.468 e. The lowest BCUT2D eigenvalue weighted by Crippen LogP contribution is -2.18. The molecule has 1 N–H and O–H groups in total. The minimum absolute atomic E-state index is 0.00991. The fourth-order valence-corrected chi connectivity index (χ4v) is 1.96. The Morgan fingerprint density at radius 1 is 1.35 bits per heavy atom. The quantitative estimate of drug-likeness (QED) is 0.901. The first-order chi connectivity index (χ1) is 8.22. The molecule has 90 valence electrons. The highest BCUT2D eigenvalue weighted by Crippen LogP contribution is 2.25. The van der Waals surface area contributed by atoms with Gasteiger partial charge in [-0.1, -0.05) is 23.7 Å². The third kappa shape index (κ3) is 2.68.